The molecule has 0 spiro atoms. The van der Waals surface area contributed by atoms with Crippen LogP contribution in [0.3, 0.4) is 0 Å². The van der Waals surface area contributed by atoms with Gasteiger partial charge < -0.3 is 10.2 Å². The molecule has 0 aromatic heterocycles. The lowest BCUT2D eigenvalue weighted by molar-refractivity contribution is -0.133. The van der Waals surface area contributed by atoms with Crippen molar-refractivity contribution in [3.05, 3.63) is 59.7 Å². The van der Waals surface area contributed by atoms with E-state index in [9.17, 15) is 18.0 Å². The Morgan fingerprint density at radius 3 is 2.68 bits per heavy atom. The second kappa shape index (κ2) is 8.80. The van der Waals surface area contributed by atoms with Gasteiger partial charge in [0.1, 0.15) is 6.04 Å². The minimum atomic E-state index is -3.83. The number of sulfonamides is 1. The molecule has 0 bridgehead atoms. The van der Waals surface area contributed by atoms with Crippen molar-refractivity contribution in [3.8, 4) is 0 Å². The molecular weight excluding hydrogens is 414 g/mol. The average Bonchev–Trinajstić information content (AvgIpc) is 3.18. The maximum atomic E-state index is 13.4. The van der Waals surface area contributed by atoms with E-state index in [0.29, 0.717) is 50.9 Å². The van der Waals surface area contributed by atoms with Crippen LogP contribution in [-0.2, 0) is 32.6 Å². The van der Waals surface area contributed by atoms with Crippen molar-refractivity contribution in [1.29, 1.82) is 0 Å². The van der Waals surface area contributed by atoms with Gasteiger partial charge in [0.25, 0.3) is 0 Å². The zero-order valence-electron chi connectivity index (χ0n) is 17.6. The Morgan fingerprint density at radius 1 is 1.13 bits per heavy atom. The first-order chi connectivity index (χ1) is 14.9. The van der Waals surface area contributed by atoms with E-state index in [2.05, 4.69) is 5.32 Å². The molecule has 2 amide bonds. The van der Waals surface area contributed by atoms with Gasteiger partial charge in [-0.05, 0) is 55.0 Å². The molecule has 1 N–H and O–H groups in total. The minimum Gasteiger partial charge on any atom is -0.340 e. The van der Waals surface area contributed by atoms with Crippen LogP contribution in [0.4, 0.5) is 5.69 Å². The molecular formula is C23H27N3O4S. The normalized spacial score (nSPS) is 19.4. The lowest BCUT2D eigenvalue weighted by Crippen LogP contribution is -2.46. The summed E-state index contributed by atoms with van der Waals surface area (Å²) in [6.07, 6.45) is 2.90. The first kappa shape index (κ1) is 21.5. The highest BCUT2D eigenvalue weighted by Crippen LogP contribution is 2.31. The minimum absolute atomic E-state index is 0.0546. The number of hydrogen-bond acceptors (Lipinski definition) is 4. The highest BCUT2D eigenvalue weighted by molar-refractivity contribution is 7.89. The van der Waals surface area contributed by atoms with Crippen LogP contribution in [-0.4, -0.2) is 49.1 Å². The third-order valence-corrected chi connectivity index (χ3v) is 7.84. The molecule has 31 heavy (non-hydrogen) atoms. The first-order valence-corrected chi connectivity index (χ1v) is 12.0. The van der Waals surface area contributed by atoms with Gasteiger partial charge in [0.15, 0.2) is 0 Å². The molecule has 0 aliphatic carbocycles. The molecule has 1 fully saturated rings. The van der Waals surface area contributed by atoms with E-state index >= 15 is 0 Å². The fraction of sp³-hybridized carbons (Fsp3) is 0.391. The van der Waals surface area contributed by atoms with Crippen molar-refractivity contribution in [3.63, 3.8) is 0 Å². The van der Waals surface area contributed by atoms with Crippen molar-refractivity contribution < 1.29 is 18.0 Å². The van der Waals surface area contributed by atoms with Crippen LogP contribution in [0, 0.1) is 0 Å². The van der Waals surface area contributed by atoms with Gasteiger partial charge in [-0.3, -0.25) is 9.59 Å². The molecule has 2 heterocycles. The van der Waals surface area contributed by atoms with Gasteiger partial charge in [0, 0.05) is 32.2 Å². The Bertz CT molecular complexity index is 1090. The van der Waals surface area contributed by atoms with Crippen molar-refractivity contribution in [2.45, 2.75) is 49.6 Å². The smallest absolute Gasteiger partial charge is 0.243 e. The molecule has 0 radical (unpaired) electrons. The van der Waals surface area contributed by atoms with Crippen LogP contribution in [0.5, 0.6) is 0 Å². The second-order valence-electron chi connectivity index (χ2n) is 8.17. The van der Waals surface area contributed by atoms with E-state index in [-0.39, 0.29) is 16.7 Å². The Labute approximate surface area is 183 Å². The Balaban J connectivity index is 1.55. The van der Waals surface area contributed by atoms with E-state index in [1.807, 2.05) is 30.3 Å². The molecule has 1 unspecified atom stereocenters. The summed E-state index contributed by atoms with van der Waals surface area (Å²) in [4.78, 5) is 26.7. The van der Waals surface area contributed by atoms with E-state index in [1.54, 1.807) is 24.1 Å². The number of carbonyl (C=O) groups is 2. The maximum absolute atomic E-state index is 13.4. The van der Waals surface area contributed by atoms with Crippen molar-refractivity contribution >= 4 is 27.5 Å². The summed E-state index contributed by atoms with van der Waals surface area (Å²) in [5, 5.41) is 2.83. The Morgan fingerprint density at radius 2 is 1.90 bits per heavy atom. The van der Waals surface area contributed by atoms with Gasteiger partial charge in [0.2, 0.25) is 21.8 Å². The van der Waals surface area contributed by atoms with Gasteiger partial charge in [-0.2, -0.15) is 4.31 Å². The number of carbonyl (C=O) groups excluding carboxylic acids is 2. The predicted octanol–water partition coefficient (Wildman–Crippen LogP) is 2.77. The number of amides is 2. The molecule has 0 saturated carbocycles. The molecule has 2 aromatic rings. The number of anilines is 1. The molecule has 4 rings (SSSR count). The fourth-order valence-corrected chi connectivity index (χ4v) is 6.01. The summed E-state index contributed by atoms with van der Waals surface area (Å²) in [6.45, 7) is 0.758. The van der Waals surface area contributed by atoms with Gasteiger partial charge in [-0.1, -0.05) is 30.3 Å². The topological polar surface area (TPSA) is 86.8 Å². The maximum Gasteiger partial charge on any atom is 0.243 e. The van der Waals surface area contributed by atoms with Crippen LogP contribution < -0.4 is 5.32 Å². The van der Waals surface area contributed by atoms with Gasteiger partial charge in [-0.15, -0.1) is 0 Å². The SMILES string of the molecule is CN(Cc1ccccc1)C(=O)C1CCCN1S(=O)(=O)c1ccc2c(c1)CCCC(=O)N2. The van der Waals surface area contributed by atoms with Crippen LogP contribution >= 0.6 is 0 Å². The van der Waals surface area contributed by atoms with Crippen molar-refractivity contribution in [2.75, 3.05) is 18.9 Å². The number of likely N-dealkylation sites (N-methyl/N-ethyl adjacent to an activating group) is 1. The second-order valence-corrected chi connectivity index (χ2v) is 10.1. The van der Waals surface area contributed by atoms with E-state index < -0.39 is 16.1 Å². The lowest BCUT2D eigenvalue weighted by Gasteiger charge is -2.28. The molecule has 164 valence electrons. The third kappa shape index (κ3) is 4.50. The van der Waals surface area contributed by atoms with Crippen LogP contribution in [0.15, 0.2) is 53.4 Å². The predicted molar refractivity (Wildman–Crippen MR) is 118 cm³/mol. The van der Waals surface area contributed by atoms with Crippen molar-refractivity contribution in [1.82, 2.24) is 9.21 Å². The highest BCUT2D eigenvalue weighted by Gasteiger charge is 2.40. The van der Waals surface area contributed by atoms with Crippen LogP contribution in [0.25, 0.3) is 0 Å². The summed E-state index contributed by atoms with van der Waals surface area (Å²) in [6, 6.07) is 13.8. The van der Waals surface area contributed by atoms with Gasteiger partial charge in [0.05, 0.1) is 4.90 Å². The number of benzene rings is 2. The third-order valence-electron chi connectivity index (χ3n) is 5.93. The van der Waals surface area contributed by atoms with E-state index in [4.69, 9.17) is 0 Å². The van der Waals surface area contributed by atoms with Gasteiger partial charge in [-0.25, -0.2) is 8.42 Å². The van der Waals surface area contributed by atoms with E-state index in [1.165, 1.54) is 10.4 Å². The summed E-state index contributed by atoms with van der Waals surface area (Å²) >= 11 is 0. The average molecular weight is 442 g/mol. The standard InChI is InChI=1S/C23H27N3O4S/c1-25(16-17-7-3-2-4-8-17)23(28)21-10-6-14-26(21)31(29,30)19-12-13-20-18(15-19)9-5-11-22(27)24-20/h2-4,7-8,12-13,15,21H,5-6,9-11,14,16H2,1H3,(H,24,27). The first-order valence-electron chi connectivity index (χ1n) is 10.6. The largest absolute Gasteiger partial charge is 0.340 e. The Hall–Kier alpha value is -2.71. The summed E-state index contributed by atoms with van der Waals surface area (Å²) in [5.74, 6) is -0.243. The van der Waals surface area contributed by atoms with Crippen molar-refractivity contribution in [2.24, 2.45) is 0 Å². The van der Waals surface area contributed by atoms with E-state index in [0.717, 1.165) is 11.1 Å². The summed E-state index contributed by atoms with van der Waals surface area (Å²) in [5.41, 5.74) is 2.48. The molecule has 2 aliphatic heterocycles. The fourth-order valence-electron chi connectivity index (χ4n) is 4.31. The Kier molecular flexibility index (Phi) is 6.11. The van der Waals surface area contributed by atoms with Crippen LogP contribution in [0.1, 0.15) is 36.8 Å². The van der Waals surface area contributed by atoms with Gasteiger partial charge >= 0.3 is 0 Å². The monoisotopic (exact) mass is 441 g/mol. The zero-order chi connectivity index (χ0) is 22.0. The zero-order valence-corrected chi connectivity index (χ0v) is 18.4. The number of nitrogens with one attached hydrogen (secondary N) is 1. The highest BCUT2D eigenvalue weighted by atomic mass is 32.2. The van der Waals surface area contributed by atoms with Crippen LogP contribution in [0.2, 0.25) is 0 Å². The molecule has 2 aromatic carbocycles. The summed E-state index contributed by atoms with van der Waals surface area (Å²) in [7, 11) is -2.11. The summed E-state index contributed by atoms with van der Waals surface area (Å²) < 4.78 is 28.2. The molecule has 8 heteroatoms. The molecule has 1 atom stereocenters. The molecule has 1 saturated heterocycles. The number of hydrogen-bond donors (Lipinski definition) is 1. The lowest BCUT2D eigenvalue weighted by atomic mass is 10.1. The number of rotatable bonds is 5. The number of nitrogens with zero attached hydrogens (tertiary/aromatic N) is 2. The number of aryl methyl sites for hydroxylation is 1. The molecule has 7 nitrogen and oxygen atoms in total. The number of fused-ring (bicyclic) bond motifs is 1. The quantitative estimate of drug-likeness (QED) is 0.773. The molecule has 2 aliphatic rings.